The van der Waals surface area contributed by atoms with Crippen LogP contribution in [0.25, 0.3) is 0 Å². The van der Waals surface area contributed by atoms with E-state index in [4.69, 9.17) is 5.26 Å². The van der Waals surface area contributed by atoms with E-state index in [0.29, 0.717) is 6.42 Å². The number of alkyl halides is 3. The molecule has 19 heavy (non-hydrogen) atoms. The number of nitriles is 1. The predicted molar refractivity (Wildman–Crippen MR) is 64.2 cm³/mol. The van der Waals surface area contributed by atoms with Gasteiger partial charge in [0, 0.05) is 0 Å². The van der Waals surface area contributed by atoms with Crippen LogP contribution in [0.4, 0.5) is 13.2 Å². The molecule has 0 N–H and O–H groups in total. The molecule has 0 amide bonds. The number of aryl methyl sites for hydroxylation is 1. The molecular weight excluding hydrogens is 255 g/mol. The van der Waals surface area contributed by atoms with Crippen LogP contribution in [0.2, 0.25) is 0 Å². The molecular formula is C14H14F3NO. The fraction of sp³-hybridized carbons (Fsp3) is 0.429. The second-order valence-corrected chi connectivity index (χ2v) is 4.34. The molecule has 0 saturated heterocycles. The molecule has 0 heterocycles. The molecule has 1 rings (SSSR count). The van der Waals surface area contributed by atoms with Crippen LogP contribution in [0.3, 0.4) is 0 Å². The van der Waals surface area contributed by atoms with E-state index >= 15 is 0 Å². The van der Waals surface area contributed by atoms with Crippen LogP contribution in [-0.4, -0.2) is 5.78 Å². The molecule has 0 aliphatic carbocycles. The average Bonchev–Trinajstić information content (AvgIpc) is 2.33. The van der Waals surface area contributed by atoms with Crippen molar-refractivity contribution in [2.75, 3.05) is 0 Å². The van der Waals surface area contributed by atoms with Gasteiger partial charge in [0.2, 0.25) is 0 Å². The normalized spacial score (nSPS) is 12.8. The number of halogens is 3. The molecule has 1 aromatic carbocycles. The Balaban J connectivity index is 2.69. The number of hydrogen-bond donors (Lipinski definition) is 0. The first-order chi connectivity index (χ1) is 8.86. The second kappa shape index (κ2) is 6.37. The Morgan fingerprint density at radius 3 is 2.53 bits per heavy atom. The summed E-state index contributed by atoms with van der Waals surface area (Å²) >= 11 is 0. The van der Waals surface area contributed by atoms with Crippen molar-refractivity contribution in [2.45, 2.75) is 32.4 Å². The molecule has 0 fully saturated rings. The predicted octanol–water partition coefficient (Wildman–Crippen LogP) is 3.76. The molecule has 5 heteroatoms. The Labute approximate surface area is 109 Å². The van der Waals surface area contributed by atoms with Gasteiger partial charge in [0.05, 0.1) is 11.6 Å². The summed E-state index contributed by atoms with van der Waals surface area (Å²) in [4.78, 5) is 11.0. The fourth-order valence-electron chi connectivity index (χ4n) is 1.87. The van der Waals surface area contributed by atoms with E-state index in [2.05, 4.69) is 0 Å². The summed E-state index contributed by atoms with van der Waals surface area (Å²) in [5.74, 6) is -0.968. The highest BCUT2D eigenvalue weighted by Crippen LogP contribution is 2.32. The summed E-state index contributed by atoms with van der Waals surface area (Å²) in [5, 5.41) is 8.73. The third kappa shape index (κ3) is 4.40. The molecule has 0 radical (unpaired) electrons. The van der Waals surface area contributed by atoms with Crippen LogP contribution in [0.15, 0.2) is 24.3 Å². The zero-order valence-corrected chi connectivity index (χ0v) is 10.5. The smallest absolute Gasteiger partial charge is 0.299 e. The van der Waals surface area contributed by atoms with E-state index in [1.165, 1.54) is 19.1 Å². The Hall–Kier alpha value is -1.83. The molecule has 0 saturated carbocycles. The summed E-state index contributed by atoms with van der Waals surface area (Å²) < 4.78 is 38.2. The van der Waals surface area contributed by atoms with Gasteiger partial charge in [-0.15, -0.1) is 0 Å². The SMILES string of the molecule is CC(=O)C(C#N)CCCc1ccccc1C(F)(F)F. The van der Waals surface area contributed by atoms with Gasteiger partial charge in [-0.25, -0.2) is 0 Å². The maximum atomic E-state index is 12.7. The number of carbonyl (C=O) groups is 1. The number of carbonyl (C=O) groups excluding carboxylic acids is 1. The minimum Gasteiger partial charge on any atom is -0.299 e. The number of Topliss-reactive ketones (excluding diaryl/α,β-unsaturated/α-hetero) is 1. The van der Waals surface area contributed by atoms with Crippen molar-refractivity contribution >= 4 is 5.78 Å². The van der Waals surface area contributed by atoms with Gasteiger partial charge in [-0.2, -0.15) is 18.4 Å². The van der Waals surface area contributed by atoms with Crippen LogP contribution in [0.5, 0.6) is 0 Å². The van der Waals surface area contributed by atoms with Crippen molar-refractivity contribution in [3.05, 3.63) is 35.4 Å². The summed E-state index contributed by atoms with van der Waals surface area (Å²) in [6, 6.07) is 7.23. The molecule has 1 unspecified atom stereocenters. The highest BCUT2D eigenvalue weighted by molar-refractivity contribution is 5.80. The van der Waals surface area contributed by atoms with Gasteiger partial charge >= 0.3 is 6.18 Å². The molecule has 102 valence electrons. The molecule has 0 spiro atoms. The van der Waals surface area contributed by atoms with Gasteiger partial charge in [0.15, 0.2) is 0 Å². The van der Waals surface area contributed by atoms with Gasteiger partial charge in [-0.1, -0.05) is 18.2 Å². The van der Waals surface area contributed by atoms with Crippen LogP contribution in [0, 0.1) is 17.2 Å². The molecule has 1 aromatic rings. The van der Waals surface area contributed by atoms with Crippen molar-refractivity contribution in [3.8, 4) is 6.07 Å². The Bertz CT molecular complexity index is 488. The highest BCUT2D eigenvalue weighted by Gasteiger charge is 2.32. The lowest BCUT2D eigenvalue weighted by Crippen LogP contribution is -2.11. The van der Waals surface area contributed by atoms with Gasteiger partial charge in [-0.3, -0.25) is 4.79 Å². The van der Waals surface area contributed by atoms with Crippen molar-refractivity contribution in [2.24, 2.45) is 5.92 Å². The van der Waals surface area contributed by atoms with Crippen molar-refractivity contribution in [1.29, 1.82) is 5.26 Å². The standard InChI is InChI=1S/C14H14F3NO/c1-10(19)12(9-18)7-4-6-11-5-2-3-8-13(11)14(15,16)17/h2-3,5,8,12H,4,6-7H2,1H3. The monoisotopic (exact) mass is 269 g/mol. The molecule has 2 nitrogen and oxygen atoms in total. The average molecular weight is 269 g/mol. The van der Waals surface area contributed by atoms with Gasteiger partial charge in [0.25, 0.3) is 0 Å². The summed E-state index contributed by atoms with van der Waals surface area (Å²) in [6.45, 7) is 1.32. The quantitative estimate of drug-likeness (QED) is 0.816. The lowest BCUT2D eigenvalue weighted by Gasteiger charge is -2.12. The third-order valence-electron chi connectivity index (χ3n) is 2.91. The number of hydrogen-bond acceptors (Lipinski definition) is 2. The molecule has 1 atom stereocenters. The first kappa shape index (κ1) is 15.2. The van der Waals surface area contributed by atoms with Gasteiger partial charge < -0.3 is 0 Å². The van der Waals surface area contributed by atoms with Crippen molar-refractivity contribution < 1.29 is 18.0 Å². The van der Waals surface area contributed by atoms with Crippen LogP contribution >= 0.6 is 0 Å². The lowest BCUT2D eigenvalue weighted by atomic mass is 9.96. The number of ketones is 1. The minimum atomic E-state index is -4.37. The number of rotatable bonds is 5. The Kier molecular flexibility index (Phi) is 5.11. The van der Waals surface area contributed by atoms with Crippen LogP contribution in [0.1, 0.15) is 30.9 Å². The maximum absolute atomic E-state index is 12.7. The Morgan fingerprint density at radius 1 is 1.37 bits per heavy atom. The van der Waals surface area contributed by atoms with E-state index in [0.717, 1.165) is 6.07 Å². The second-order valence-electron chi connectivity index (χ2n) is 4.34. The largest absolute Gasteiger partial charge is 0.416 e. The first-order valence-corrected chi connectivity index (χ1v) is 5.91. The van der Waals surface area contributed by atoms with Crippen LogP contribution < -0.4 is 0 Å². The number of nitrogens with zero attached hydrogens (tertiary/aromatic N) is 1. The van der Waals surface area contributed by atoms with E-state index in [-0.39, 0.29) is 24.2 Å². The molecule has 0 bridgehead atoms. The molecule has 0 aliphatic rings. The fourth-order valence-corrected chi connectivity index (χ4v) is 1.87. The van der Waals surface area contributed by atoms with Crippen molar-refractivity contribution in [3.63, 3.8) is 0 Å². The van der Waals surface area contributed by atoms with E-state index in [1.807, 2.05) is 6.07 Å². The molecule has 0 aromatic heterocycles. The van der Waals surface area contributed by atoms with E-state index in [9.17, 15) is 18.0 Å². The zero-order valence-electron chi connectivity index (χ0n) is 10.5. The maximum Gasteiger partial charge on any atom is 0.416 e. The van der Waals surface area contributed by atoms with Gasteiger partial charge in [-0.05, 0) is 37.8 Å². The van der Waals surface area contributed by atoms with Crippen LogP contribution in [-0.2, 0) is 17.4 Å². The first-order valence-electron chi connectivity index (χ1n) is 5.91. The summed E-state index contributed by atoms with van der Waals surface area (Å²) in [5.41, 5.74) is -0.443. The highest BCUT2D eigenvalue weighted by atomic mass is 19.4. The molecule has 0 aliphatic heterocycles. The Morgan fingerprint density at radius 2 is 2.00 bits per heavy atom. The topological polar surface area (TPSA) is 40.9 Å². The zero-order chi connectivity index (χ0) is 14.5. The number of benzene rings is 1. The summed E-state index contributed by atoms with van der Waals surface area (Å²) in [6.07, 6.45) is -3.49. The lowest BCUT2D eigenvalue weighted by molar-refractivity contribution is -0.138. The minimum absolute atomic E-state index is 0.204. The third-order valence-corrected chi connectivity index (χ3v) is 2.91. The van der Waals surface area contributed by atoms with E-state index < -0.39 is 17.7 Å². The van der Waals surface area contributed by atoms with Crippen molar-refractivity contribution in [1.82, 2.24) is 0 Å². The van der Waals surface area contributed by atoms with E-state index in [1.54, 1.807) is 6.07 Å². The summed E-state index contributed by atoms with van der Waals surface area (Å²) in [7, 11) is 0. The van der Waals surface area contributed by atoms with Gasteiger partial charge in [0.1, 0.15) is 11.7 Å².